The molecule has 2 rings (SSSR count). The summed E-state index contributed by atoms with van der Waals surface area (Å²) in [6.45, 7) is 2.66. The predicted molar refractivity (Wildman–Crippen MR) is 102 cm³/mol. The Morgan fingerprint density at radius 2 is 1.76 bits per heavy atom. The summed E-state index contributed by atoms with van der Waals surface area (Å²) in [6.07, 6.45) is 0.963. The Kier molecular flexibility index (Phi) is 8.35. The minimum atomic E-state index is 0.552. The fourth-order valence-electron chi connectivity index (χ4n) is 2.36. The third kappa shape index (κ3) is 7.27. The summed E-state index contributed by atoms with van der Waals surface area (Å²) in [5, 5.41) is 6.66. The maximum atomic E-state index is 5.64. The summed E-state index contributed by atoms with van der Waals surface area (Å²) in [5.74, 6) is 1.64. The van der Waals surface area contributed by atoms with Crippen LogP contribution in [0.15, 0.2) is 59.6 Å². The highest BCUT2D eigenvalue weighted by atomic mass is 16.5. The lowest BCUT2D eigenvalue weighted by atomic mass is 10.1. The summed E-state index contributed by atoms with van der Waals surface area (Å²) in [4.78, 5) is 4.26. The standard InChI is InChI=1S/C20H27N3O2/c1-21-20(22-12-11-17-7-4-3-5-8-17)23-16-18-9-6-10-19(15-18)25-14-13-24-2/h3-10,15H,11-14,16H2,1-2H3,(H2,21,22,23). The van der Waals surface area contributed by atoms with Crippen LogP contribution in [0.5, 0.6) is 5.75 Å². The molecular weight excluding hydrogens is 314 g/mol. The zero-order valence-electron chi connectivity index (χ0n) is 15.0. The molecule has 0 aliphatic carbocycles. The van der Waals surface area contributed by atoms with Crippen LogP contribution in [-0.4, -0.2) is 39.9 Å². The Morgan fingerprint density at radius 3 is 2.52 bits per heavy atom. The molecule has 0 heterocycles. The zero-order valence-corrected chi connectivity index (χ0v) is 15.0. The second-order valence-electron chi connectivity index (χ2n) is 5.58. The minimum absolute atomic E-state index is 0.552. The van der Waals surface area contributed by atoms with Crippen LogP contribution in [0, 0.1) is 0 Å². The van der Waals surface area contributed by atoms with Crippen LogP contribution in [0.3, 0.4) is 0 Å². The molecule has 5 heteroatoms. The van der Waals surface area contributed by atoms with Crippen LogP contribution in [-0.2, 0) is 17.7 Å². The van der Waals surface area contributed by atoms with Gasteiger partial charge in [0.1, 0.15) is 12.4 Å². The molecule has 0 aliphatic heterocycles. The van der Waals surface area contributed by atoms with E-state index in [1.165, 1.54) is 5.56 Å². The number of guanidine groups is 1. The molecule has 0 radical (unpaired) electrons. The third-order valence-corrected chi connectivity index (χ3v) is 3.69. The van der Waals surface area contributed by atoms with Crippen molar-refractivity contribution < 1.29 is 9.47 Å². The van der Waals surface area contributed by atoms with Crippen molar-refractivity contribution in [3.8, 4) is 5.75 Å². The van der Waals surface area contributed by atoms with Gasteiger partial charge in [-0.15, -0.1) is 0 Å². The second-order valence-corrected chi connectivity index (χ2v) is 5.58. The van der Waals surface area contributed by atoms with Gasteiger partial charge in [0, 0.05) is 27.2 Å². The monoisotopic (exact) mass is 341 g/mol. The van der Waals surface area contributed by atoms with E-state index in [4.69, 9.17) is 9.47 Å². The lowest BCUT2D eigenvalue weighted by Gasteiger charge is -2.13. The molecular formula is C20H27N3O2. The summed E-state index contributed by atoms with van der Waals surface area (Å²) < 4.78 is 10.6. The summed E-state index contributed by atoms with van der Waals surface area (Å²) in [7, 11) is 3.45. The van der Waals surface area contributed by atoms with Gasteiger partial charge in [0.15, 0.2) is 5.96 Å². The van der Waals surface area contributed by atoms with Gasteiger partial charge < -0.3 is 20.1 Å². The van der Waals surface area contributed by atoms with Crippen molar-refractivity contribution in [3.05, 3.63) is 65.7 Å². The first-order valence-electron chi connectivity index (χ1n) is 8.51. The first-order valence-corrected chi connectivity index (χ1v) is 8.51. The van der Waals surface area contributed by atoms with Crippen molar-refractivity contribution in [3.63, 3.8) is 0 Å². The topological polar surface area (TPSA) is 54.9 Å². The van der Waals surface area contributed by atoms with Gasteiger partial charge in [-0.3, -0.25) is 4.99 Å². The highest BCUT2D eigenvalue weighted by molar-refractivity contribution is 5.79. The average Bonchev–Trinajstić information content (AvgIpc) is 2.66. The molecule has 2 aromatic carbocycles. The van der Waals surface area contributed by atoms with Crippen molar-refractivity contribution in [2.24, 2.45) is 4.99 Å². The number of methoxy groups -OCH3 is 1. The number of hydrogen-bond acceptors (Lipinski definition) is 3. The van der Waals surface area contributed by atoms with E-state index in [2.05, 4.69) is 46.0 Å². The molecule has 0 saturated carbocycles. The molecule has 25 heavy (non-hydrogen) atoms. The molecule has 0 aromatic heterocycles. The fraction of sp³-hybridized carbons (Fsp3) is 0.350. The van der Waals surface area contributed by atoms with Gasteiger partial charge in [0.2, 0.25) is 0 Å². The van der Waals surface area contributed by atoms with Crippen LogP contribution in [0.4, 0.5) is 0 Å². The SMILES string of the molecule is CN=C(NCCc1ccccc1)NCc1cccc(OCCOC)c1. The average molecular weight is 341 g/mol. The van der Waals surface area contributed by atoms with E-state index >= 15 is 0 Å². The molecule has 0 unspecified atom stereocenters. The number of nitrogens with one attached hydrogen (secondary N) is 2. The summed E-state index contributed by atoms with van der Waals surface area (Å²) in [6, 6.07) is 18.4. The number of aliphatic imine (C=N–C) groups is 1. The molecule has 0 spiro atoms. The summed E-state index contributed by atoms with van der Waals surface area (Å²) in [5.41, 5.74) is 2.45. The second kappa shape index (κ2) is 11.1. The number of hydrogen-bond donors (Lipinski definition) is 2. The van der Waals surface area contributed by atoms with Crippen molar-refractivity contribution >= 4 is 5.96 Å². The molecule has 0 amide bonds. The van der Waals surface area contributed by atoms with E-state index in [1.807, 2.05) is 24.3 Å². The highest BCUT2D eigenvalue weighted by Gasteiger charge is 2.01. The number of rotatable bonds is 9. The number of benzene rings is 2. The Morgan fingerprint density at radius 1 is 0.960 bits per heavy atom. The van der Waals surface area contributed by atoms with Crippen LogP contribution >= 0.6 is 0 Å². The Balaban J connectivity index is 1.75. The van der Waals surface area contributed by atoms with Gasteiger partial charge >= 0.3 is 0 Å². The number of nitrogens with zero attached hydrogens (tertiary/aromatic N) is 1. The Bertz CT molecular complexity index is 644. The van der Waals surface area contributed by atoms with Gasteiger partial charge in [-0.05, 0) is 29.7 Å². The van der Waals surface area contributed by atoms with Crippen LogP contribution in [0.2, 0.25) is 0 Å². The first-order chi connectivity index (χ1) is 12.3. The predicted octanol–water partition coefficient (Wildman–Crippen LogP) is 2.62. The Hall–Kier alpha value is -2.53. The largest absolute Gasteiger partial charge is 0.491 e. The van der Waals surface area contributed by atoms with E-state index in [0.29, 0.717) is 19.8 Å². The molecule has 0 bridgehead atoms. The highest BCUT2D eigenvalue weighted by Crippen LogP contribution is 2.13. The normalized spacial score (nSPS) is 11.2. The Labute approximate surface area is 150 Å². The van der Waals surface area contributed by atoms with Gasteiger partial charge in [-0.25, -0.2) is 0 Å². The number of ether oxygens (including phenoxy) is 2. The lowest BCUT2D eigenvalue weighted by molar-refractivity contribution is 0.146. The van der Waals surface area contributed by atoms with Gasteiger partial charge in [0.25, 0.3) is 0 Å². The van der Waals surface area contributed by atoms with Gasteiger partial charge in [-0.2, -0.15) is 0 Å². The van der Waals surface area contributed by atoms with E-state index < -0.39 is 0 Å². The van der Waals surface area contributed by atoms with Crippen molar-refractivity contribution in [2.45, 2.75) is 13.0 Å². The van der Waals surface area contributed by atoms with Crippen molar-refractivity contribution in [1.29, 1.82) is 0 Å². The van der Waals surface area contributed by atoms with E-state index in [0.717, 1.165) is 30.2 Å². The molecule has 0 saturated heterocycles. The maximum absolute atomic E-state index is 5.64. The fourth-order valence-corrected chi connectivity index (χ4v) is 2.36. The van der Waals surface area contributed by atoms with Crippen molar-refractivity contribution in [1.82, 2.24) is 10.6 Å². The van der Waals surface area contributed by atoms with E-state index in [1.54, 1.807) is 14.2 Å². The lowest BCUT2D eigenvalue weighted by Crippen LogP contribution is -2.37. The quantitative estimate of drug-likeness (QED) is 0.418. The van der Waals surface area contributed by atoms with Crippen LogP contribution < -0.4 is 15.4 Å². The van der Waals surface area contributed by atoms with E-state index in [9.17, 15) is 0 Å². The van der Waals surface area contributed by atoms with Crippen molar-refractivity contribution in [2.75, 3.05) is 33.9 Å². The van der Waals surface area contributed by atoms with Gasteiger partial charge in [-0.1, -0.05) is 42.5 Å². The molecule has 134 valence electrons. The maximum Gasteiger partial charge on any atom is 0.191 e. The third-order valence-electron chi connectivity index (χ3n) is 3.69. The smallest absolute Gasteiger partial charge is 0.191 e. The molecule has 2 N–H and O–H groups in total. The molecule has 2 aromatic rings. The van der Waals surface area contributed by atoms with Gasteiger partial charge in [0.05, 0.1) is 6.61 Å². The molecule has 0 fully saturated rings. The van der Waals surface area contributed by atoms with Crippen LogP contribution in [0.25, 0.3) is 0 Å². The molecule has 5 nitrogen and oxygen atoms in total. The molecule has 0 atom stereocenters. The van der Waals surface area contributed by atoms with E-state index in [-0.39, 0.29) is 0 Å². The first kappa shape index (κ1) is 18.8. The zero-order chi connectivity index (χ0) is 17.7. The van der Waals surface area contributed by atoms with Crippen LogP contribution in [0.1, 0.15) is 11.1 Å². The summed E-state index contributed by atoms with van der Waals surface area (Å²) >= 11 is 0. The molecule has 0 aliphatic rings. The minimum Gasteiger partial charge on any atom is -0.491 e.